The van der Waals surface area contributed by atoms with E-state index in [0.29, 0.717) is 10.7 Å². The van der Waals surface area contributed by atoms with Gasteiger partial charge in [-0.05, 0) is 25.1 Å². The summed E-state index contributed by atoms with van der Waals surface area (Å²) in [4.78, 5) is 25.2. The van der Waals surface area contributed by atoms with Gasteiger partial charge in [-0.3, -0.25) is 4.79 Å². The molecule has 8 heteroatoms. The monoisotopic (exact) mass is 363 g/mol. The van der Waals surface area contributed by atoms with Crippen LogP contribution < -0.4 is 0 Å². The number of para-hydroxylation sites is 1. The lowest BCUT2D eigenvalue weighted by atomic mass is 9.91. The minimum absolute atomic E-state index is 0.00171. The molecule has 1 aromatic carbocycles. The maximum atomic E-state index is 12.7. The summed E-state index contributed by atoms with van der Waals surface area (Å²) in [5.74, 6) is -1.54. The van der Waals surface area contributed by atoms with Gasteiger partial charge >= 0.3 is 5.97 Å². The van der Waals surface area contributed by atoms with Crippen LogP contribution in [-0.4, -0.2) is 55.5 Å². The van der Waals surface area contributed by atoms with E-state index in [9.17, 15) is 14.7 Å². The summed E-state index contributed by atoms with van der Waals surface area (Å²) >= 11 is 6.19. The molecule has 0 spiro atoms. The number of aliphatic hydroxyl groups is 1. The number of nitrogens with zero attached hydrogens (tertiary/aromatic N) is 3. The van der Waals surface area contributed by atoms with Gasteiger partial charge in [-0.2, -0.15) is 5.10 Å². The predicted octanol–water partition coefficient (Wildman–Crippen LogP) is 1.89. The molecule has 0 saturated carbocycles. The van der Waals surface area contributed by atoms with Gasteiger partial charge in [0.2, 0.25) is 0 Å². The van der Waals surface area contributed by atoms with Crippen molar-refractivity contribution in [1.29, 1.82) is 0 Å². The zero-order valence-electron chi connectivity index (χ0n) is 13.6. The average molecular weight is 364 g/mol. The third-order valence-electron chi connectivity index (χ3n) is 4.46. The number of piperidine rings is 1. The van der Waals surface area contributed by atoms with E-state index in [2.05, 4.69) is 5.10 Å². The van der Waals surface area contributed by atoms with Crippen LogP contribution >= 0.6 is 11.6 Å². The summed E-state index contributed by atoms with van der Waals surface area (Å²) < 4.78 is 1.60. The van der Waals surface area contributed by atoms with E-state index in [-0.39, 0.29) is 37.5 Å². The zero-order valence-corrected chi connectivity index (χ0v) is 14.4. The highest BCUT2D eigenvalue weighted by atomic mass is 35.5. The van der Waals surface area contributed by atoms with Crippen LogP contribution in [-0.2, 0) is 4.79 Å². The Morgan fingerprint density at radius 2 is 1.88 bits per heavy atom. The van der Waals surface area contributed by atoms with Crippen LogP contribution in [0.4, 0.5) is 0 Å². The number of carbonyl (C=O) groups is 2. The summed E-state index contributed by atoms with van der Waals surface area (Å²) in [6.45, 7) is 2.16. The molecule has 3 rings (SSSR count). The highest BCUT2D eigenvalue weighted by Gasteiger charge is 2.40. The molecule has 1 aromatic heterocycles. The Kier molecular flexibility index (Phi) is 4.53. The van der Waals surface area contributed by atoms with Crippen LogP contribution in [0.5, 0.6) is 0 Å². The van der Waals surface area contributed by atoms with Gasteiger partial charge < -0.3 is 15.1 Å². The van der Waals surface area contributed by atoms with Gasteiger partial charge in [-0.1, -0.05) is 23.7 Å². The molecule has 0 unspecified atom stereocenters. The molecule has 2 heterocycles. The SMILES string of the molecule is Cc1cc(C(=O)N2CCC(O)(C(=O)O)CC2)nn1-c1ccccc1Cl. The first-order valence-electron chi connectivity index (χ1n) is 7.88. The zero-order chi connectivity index (χ0) is 18.2. The summed E-state index contributed by atoms with van der Waals surface area (Å²) in [5, 5.41) is 23.9. The fourth-order valence-electron chi connectivity index (χ4n) is 2.90. The lowest BCUT2D eigenvalue weighted by Crippen LogP contribution is -2.50. The van der Waals surface area contributed by atoms with Crippen LogP contribution in [0.2, 0.25) is 5.02 Å². The quantitative estimate of drug-likeness (QED) is 0.868. The largest absolute Gasteiger partial charge is 0.479 e. The summed E-state index contributed by atoms with van der Waals surface area (Å²) in [6, 6.07) is 8.88. The molecule has 132 valence electrons. The van der Waals surface area contributed by atoms with Gasteiger partial charge in [0.25, 0.3) is 5.91 Å². The van der Waals surface area contributed by atoms with Crippen LogP contribution in [0, 0.1) is 6.92 Å². The topological polar surface area (TPSA) is 95.7 Å². The number of aliphatic carboxylic acids is 1. The van der Waals surface area contributed by atoms with Gasteiger partial charge in [-0.25, -0.2) is 9.48 Å². The van der Waals surface area contributed by atoms with E-state index in [1.165, 1.54) is 4.90 Å². The Hall–Kier alpha value is -2.38. The molecule has 0 aliphatic carbocycles. The molecule has 1 fully saturated rings. The van der Waals surface area contributed by atoms with Crippen molar-refractivity contribution < 1.29 is 19.8 Å². The first kappa shape index (κ1) is 17.4. The molecule has 1 aliphatic rings. The highest BCUT2D eigenvalue weighted by Crippen LogP contribution is 2.25. The molecular formula is C17H18ClN3O4. The number of likely N-dealkylation sites (tertiary alicyclic amines) is 1. The molecule has 0 radical (unpaired) electrons. The van der Waals surface area contributed by atoms with Crippen LogP contribution in [0.1, 0.15) is 29.0 Å². The maximum Gasteiger partial charge on any atom is 0.335 e. The number of amides is 1. The van der Waals surface area contributed by atoms with E-state index in [1.54, 1.807) is 16.8 Å². The van der Waals surface area contributed by atoms with Crippen molar-refractivity contribution in [2.24, 2.45) is 0 Å². The third kappa shape index (κ3) is 3.25. The van der Waals surface area contributed by atoms with Crippen molar-refractivity contribution in [1.82, 2.24) is 14.7 Å². The number of halogens is 1. The Labute approximate surface area is 149 Å². The van der Waals surface area contributed by atoms with Crippen LogP contribution in [0.25, 0.3) is 5.69 Å². The molecule has 1 saturated heterocycles. The Bertz CT molecular complexity index is 825. The van der Waals surface area contributed by atoms with Gasteiger partial charge in [0.1, 0.15) is 0 Å². The lowest BCUT2D eigenvalue weighted by molar-refractivity contribution is -0.162. The molecule has 7 nitrogen and oxygen atoms in total. The van der Waals surface area contributed by atoms with Crippen molar-refractivity contribution in [3.05, 3.63) is 46.7 Å². The Balaban J connectivity index is 1.80. The standard InChI is InChI=1S/C17H18ClN3O4/c1-11-10-13(19-21(11)14-5-3-2-4-12(14)18)15(22)20-8-6-17(25,7-9-20)16(23)24/h2-5,10,25H,6-9H2,1H3,(H,23,24). The molecular weight excluding hydrogens is 346 g/mol. The number of carboxylic acids is 1. The van der Waals surface area contributed by atoms with Gasteiger partial charge in [0.05, 0.1) is 10.7 Å². The number of hydrogen-bond acceptors (Lipinski definition) is 4. The number of carbonyl (C=O) groups excluding carboxylic acids is 1. The smallest absolute Gasteiger partial charge is 0.335 e. The average Bonchev–Trinajstić information content (AvgIpc) is 2.97. The van der Waals surface area contributed by atoms with Crippen LogP contribution in [0.15, 0.2) is 30.3 Å². The molecule has 0 atom stereocenters. The minimum atomic E-state index is -1.76. The predicted molar refractivity (Wildman–Crippen MR) is 91.0 cm³/mol. The summed E-state index contributed by atoms with van der Waals surface area (Å²) in [5.41, 5.74) is -0.0582. The lowest BCUT2D eigenvalue weighted by Gasteiger charge is -2.34. The van der Waals surface area contributed by atoms with Crippen molar-refractivity contribution in [3.8, 4) is 5.69 Å². The molecule has 2 aromatic rings. The van der Waals surface area contributed by atoms with E-state index in [1.807, 2.05) is 25.1 Å². The normalized spacial score (nSPS) is 16.7. The number of rotatable bonds is 3. The van der Waals surface area contributed by atoms with Crippen molar-refractivity contribution >= 4 is 23.5 Å². The van der Waals surface area contributed by atoms with E-state index in [0.717, 1.165) is 5.69 Å². The second kappa shape index (κ2) is 6.50. The molecule has 1 aliphatic heterocycles. The first-order valence-corrected chi connectivity index (χ1v) is 8.26. The van der Waals surface area contributed by atoms with Gasteiger partial charge in [0, 0.05) is 31.6 Å². The molecule has 1 amide bonds. The van der Waals surface area contributed by atoms with Gasteiger partial charge in [0.15, 0.2) is 11.3 Å². The first-order chi connectivity index (χ1) is 11.8. The maximum absolute atomic E-state index is 12.7. The van der Waals surface area contributed by atoms with E-state index in [4.69, 9.17) is 16.7 Å². The fourth-order valence-corrected chi connectivity index (χ4v) is 3.12. The van der Waals surface area contributed by atoms with Gasteiger partial charge in [-0.15, -0.1) is 0 Å². The van der Waals surface area contributed by atoms with E-state index < -0.39 is 11.6 Å². The minimum Gasteiger partial charge on any atom is -0.479 e. The fraction of sp³-hybridized carbons (Fsp3) is 0.353. The second-order valence-electron chi connectivity index (χ2n) is 6.16. The number of benzene rings is 1. The highest BCUT2D eigenvalue weighted by molar-refractivity contribution is 6.32. The van der Waals surface area contributed by atoms with Crippen molar-refractivity contribution in [2.75, 3.05) is 13.1 Å². The number of aromatic nitrogens is 2. The van der Waals surface area contributed by atoms with E-state index >= 15 is 0 Å². The molecule has 25 heavy (non-hydrogen) atoms. The molecule has 2 N–H and O–H groups in total. The van der Waals surface area contributed by atoms with Crippen LogP contribution in [0.3, 0.4) is 0 Å². The Morgan fingerprint density at radius 3 is 2.48 bits per heavy atom. The van der Waals surface area contributed by atoms with Crippen molar-refractivity contribution in [3.63, 3.8) is 0 Å². The second-order valence-corrected chi connectivity index (χ2v) is 6.57. The Morgan fingerprint density at radius 1 is 1.24 bits per heavy atom. The number of aryl methyl sites for hydroxylation is 1. The number of carboxylic acid groups (broad SMARTS) is 1. The summed E-state index contributed by atoms with van der Waals surface area (Å²) in [6.07, 6.45) is -0.00342. The van der Waals surface area contributed by atoms with Crippen molar-refractivity contribution in [2.45, 2.75) is 25.4 Å². The molecule has 0 bridgehead atoms. The number of hydrogen-bond donors (Lipinski definition) is 2. The third-order valence-corrected chi connectivity index (χ3v) is 4.78. The summed E-state index contributed by atoms with van der Waals surface area (Å²) in [7, 11) is 0.